The van der Waals surface area contributed by atoms with E-state index in [1.54, 1.807) is 23.1 Å². The predicted octanol–water partition coefficient (Wildman–Crippen LogP) is 1.51. The maximum atomic E-state index is 13.2. The van der Waals surface area contributed by atoms with Crippen LogP contribution < -0.4 is 14.9 Å². The summed E-state index contributed by atoms with van der Waals surface area (Å²) in [5, 5.41) is 3.27. The van der Waals surface area contributed by atoms with Crippen LogP contribution in [0.5, 0.6) is 0 Å². The number of amides is 1. The van der Waals surface area contributed by atoms with Crippen LogP contribution in [0.1, 0.15) is 10.4 Å². The molecule has 0 bridgehead atoms. The van der Waals surface area contributed by atoms with Gasteiger partial charge in [-0.3, -0.25) is 9.52 Å². The van der Waals surface area contributed by atoms with E-state index in [-0.39, 0.29) is 10.8 Å². The first-order chi connectivity index (χ1) is 14.9. The monoisotopic (exact) mass is 448 g/mol. The molecule has 2 aromatic rings. The van der Waals surface area contributed by atoms with Gasteiger partial charge in [0.1, 0.15) is 5.82 Å². The number of nitrogens with zero attached hydrogens (tertiary/aromatic N) is 2. The molecule has 0 aliphatic carbocycles. The topological polar surface area (TPSA) is 91.0 Å². The lowest BCUT2D eigenvalue weighted by Gasteiger charge is -2.32. The molecule has 31 heavy (non-hydrogen) atoms. The van der Waals surface area contributed by atoms with E-state index in [1.165, 1.54) is 12.1 Å². The summed E-state index contributed by atoms with van der Waals surface area (Å²) in [6.45, 7) is 4.93. The maximum Gasteiger partial charge on any atom is 0.261 e. The van der Waals surface area contributed by atoms with Crippen molar-refractivity contribution in [3.05, 3.63) is 53.8 Å². The molecule has 8 nitrogen and oxygen atoms in total. The Morgan fingerprint density at radius 1 is 1.00 bits per heavy atom. The van der Waals surface area contributed by atoms with Crippen molar-refractivity contribution in [1.82, 2.24) is 10.2 Å². The highest BCUT2D eigenvalue weighted by Crippen LogP contribution is 2.30. The van der Waals surface area contributed by atoms with Crippen LogP contribution in [0.4, 0.5) is 15.8 Å². The summed E-state index contributed by atoms with van der Waals surface area (Å²) in [7, 11) is -3.96. The van der Waals surface area contributed by atoms with Crippen LogP contribution in [0.2, 0.25) is 0 Å². The van der Waals surface area contributed by atoms with Crippen molar-refractivity contribution in [2.45, 2.75) is 4.90 Å². The van der Waals surface area contributed by atoms with Gasteiger partial charge in [0.15, 0.2) is 0 Å². The van der Waals surface area contributed by atoms with Gasteiger partial charge in [-0.1, -0.05) is 0 Å². The summed E-state index contributed by atoms with van der Waals surface area (Å²) in [5.74, 6) is -0.684. The van der Waals surface area contributed by atoms with Gasteiger partial charge in [-0.25, -0.2) is 12.8 Å². The molecule has 10 heteroatoms. The Hall–Kier alpha value is -2.69. The number of ether oxygens (including phenoxy) is 1. The normalized spacial score (nSPS) is 17.5. The molecular weight excluding hydrogens is 423 g/mol. The summed E-state index contributed by atoms with van der Waals surface area (Å²) in [4.78, 5) is 16.7. The molecule has 2 fully saturated rings. The number of rotatable bonds is 5. The first kappa shape index (κ1) is 21.5. The number of carbonyl (C=O) groups is 1. The summed E-state index contributed by atoms with van der Waals surface area (Å²) >= 11 is 0. The highest BCUT2D eigenvalue weighted by atomic mass is 32.2. The zero-order valence-electron chi connectivity index (χ0n) is 17.0. The Balaban J connectivity index is 1.67. The second-order valence-corrected chi connectivity index (χ2v) is 9.12. The number of benzene rings is 2. The number of anilines is 2. The molecule has 2 aliphatic rings. The first-order valence-corrected chi connectivity index (χ1v) is 11.7. The van der Waals surface area contributed by atoms with Crippen LogP contribution >= 0.6 is 0 Å². The quantitative estimate of drug-likeness (QED) is 0.721. The van der Waals surface area contributed by atoms with E-state index in [1.807, 2.05) is 0 Å². The van der Waals surface area contributed by atoms with E-state index in [0.717, 1.165) is 25.2 Å². The zero-order chi connectivity index (χ0) is 21.8. The number of nitrogens with one attached hydrogen (secondary N) is 2. The minimum absolute atomic E-state index is 0.0509. The average Bonchev–Trinajstić information content (AvgIpc) is 2.80. The van der Waals surface area contributed by atoms with Gasteiger partial charge < -0.3 is 19.9 Å². The smallest absolute Gasteiger partial charge is 0.261 e. The molecule has 166 valence electrons. The largest absolute Gasteiger partial charge is 0.378 e. The predicted molar refractivity (Wildman–Crippen MR) is 115 cm³/mol. The molecule has 0 saturated carbocycles. The molecule has 0 spiro atoms. The summed E-state index contributed by atoms with van der Waals surface area (Å²) in [5.41, 5.74) is 1.42. The Morgan fingerprint density at radius 2 is 1.68 bits per heavy atom. The third kappa shape index (κ3) is 4.97. The van der Waals surface area contributed by atoms with E-state index >= 15 is 0 Å². The highest BCUT2D eigenvalue weighted by molar-refractivity contribution is 7.92. The van der Waals surface area contributed by atoms with E-state index in [2.05, 4.69) is 14.9 Å². The molecule has 2 aromatic carbocycles. The molecule has 0 unspecified atom stereocenters. The van der Waals surface area contributed by atoms with Crippen LogP contribution in [-0.4, -0.2) is 71.7 Å². The molecule has 4 rings (SSSR count). The van der Waals surface area contributed by atoms with Gasteiger partial charge >= 0.3 is 0 Å². The third-order valence-electron chi connectivity index (χ3n) is 5.37. The molecule has 2 N–H and O–H groups in total. The lowest BCUT2D eigenvalue weighted by atomic mass is 10.1. The second kappa shape index (κ2) is 9.21. The molecular formula is C21H25FN4O4S. The van der Waals surface area contributed by atoms with Crippen molar-refractivity contribution >= 4 is 27.3 Å². The number of carbonyl (C=O) groups excluding carboxylic acids is 1. The minimum atomic E-state index is -3.96. The molecule has 2 heterocycles. The molecule has 0 radical (unpaired) electrons. The number of sulfonamides is 1. The number of morpholine rings is 1. The van der Waals surface area contributed by atoms with Crippen molar-refractivity contribution in [3.63, 3.8) is 0 Å². The van der Waals surface area contributed by atoms with E-state index < -0.39 is 15.8 Å². The summed E-state index contributed by atoms with van der Waals surface area (Å²) in [6.07, 6.45) is 0. The Kier molecular flexibility index (Phi) is 6.40. The van der Waals surface area contributed by atoms with Crippen LogP contribution in [0.3, 0.4) is 0 Å². The SMILES string of the molecule is O=C(c1ccc(N2CCNCC2)c(NS(=O)(=O)c2ccc(F)cc2)c1)N1CCOCC1. The van der Waals surface area contributed by atoms with Crippen LogP contribution in [0.25, 0.3) is 0 Å². The average molecular weight is 449 g/mol. The summed E-state index contributed by atoms with van der Waals surface area (Å²) in [6, 6.07) is 9.71. The lowest BCUT2D eigenvalue weighted by Crippen LogP contribution is -2.44. The van der Waals surface area contributed by atoms with Crippen molar-refractivity contribution < 1.29 is 22.3 Å². The van der Waals surface area contributed by atoms with Gasteiger partial charge in [-0.2, -0.15) is 0 Å². The Labute approximate surface area is 181 Å². The van der Waals surface area contributed by atoms with Crippen LogP contribution in [-0.2, 0) is 14.8 Å². The second-order valence-electron chi connectivity index (χ2n) is 7.43. The maximum absolute atomic E-state index is 13.2. The lowest BCUT2D eigenvalue weighted by molar-refractivity contribution is 0.0303. The fraction of sp³-hybridized carbons (Fsp3) is 0.381. The van der Waals surface area contributed by atoms with Gasteiger partial charge in [0.05, 0.1) is 29.5 Å². The van der Waals surface area contributed by atoms with Crippen molar-refractivity contribution in [1.29, 1.82) is 0 Å². The van der Waals surface area contributed by atoms with Gasteiger partial charge in [0.25, 0.3) is 15.9 Å². The van der Waals surface area contributed by atoms with Gasteiger partial charge in [0.2, 0.25) is 0 Å². The zero-order valence-corrected chi connectivity index (χ0v) is 17.8. The van der Waals surface area contributed by atoms with Gasteiger partial charge in [-0.05, 0) is 42.5 Å². The van der Waals surface area contributed by atoms with Crippen molar-refractivity contribution in [3.8, 4) is 0 Å². The number of halogens is 1. The van der Waals surface area contributed by atoms with Crippen LogP contribution in [0, 0.1) is 5.82 Å². The van der Waals surface area contributed by atoms with E-state index in [9.17, 15) is 17.6 Å². The van der Waals surface area contributed by atoms with E-state index in [4.69, 9.17) is 4.74 Å². The van der Waals surface area contributed by atoms with Gasteiger partial charge in [0, 0.05) is 44.8 Å². The molecule has 0 atom stereocenters. The van der Waals surface area contributed by atoms with Crippen molar-refractivity contribution in [2.24, 2.45) is 0 Å². The molecule has 0 aromatic heterocycles. The summed E-state index contributed by atoms with van der Waals surface area (Å²) < 4.78 is 47.1. The van der Waals surface area contributed by atoms with E-state index in [0.29, 0.717) is 56.3 Å². The van der Waals surface area contributed by atoms with Crippen LogP contribution in [0.15, 0.2) is 47.4 Å². The fourth-order valence-corrected chi connectivity index (χ4v) is 4.76. The Bertz CT molecular complexity index is 1030. The first-order valence-electron chi connectivity index (χ1n) is 10.2. The van der Waals surface area contributed by atoms with Crippen molar-refractivity contribution in [2.75, 3.05) is 62.1 Å². The fourth-order valence-electron chi connectivity index (χ4n) is 3.70. The number of piperazine rings is 1. The molecule has 2 aliphatic heterocycles. The standard InChI is InChI=1S/C21H25FN4O4S/c22-17-2-4-18(5-3-17)31(28,29)24-19-15-16(21(27)26-11-13-30-14-12-26)1-6-20(19)25-9-7-23-8-10-25/h1-6,15,23-24H,7-14H2. The third-order valence-corrected chi connectivity index (χ3v) is 6.75. The molecule has 1 amide bonds. The van der Waals surface area contributed by atoms with Gasteiger partial charge in [-0.15, -0.1) is 0 Å². The highest BCUT2D eigenvalue weighted by Gasteiger charge is 2.24. The number of hydrogen-bond donors (Lipinski definition) is 2. The molecule has 2 saturated heterocycles. The minimum Gasteiger partial charge on any atom is -0.378 e. The number of hydrogen-bond acceptors (Lipinski definition) is 6. The Morgan fingerprint density at radius 3 is 2.35 bits per heavy atom.